The summed E-state index contributed by atoms with van der Waals surface area (Å²) in [4.78, 5) is 12.2. The number of hydrogen-bond acceptors (Lipinski definition) is 4. The molecule has 2 aromatic carbocycles. The number of halogens is 2. The molecule has 0 aliphatic carbocycles. The zero-order valence-electron chi connectivity index (χ0n) is 15.1. The van der Waals surface area contributed by atoms with Gasteiger partial charge < -0.3 is 19.5 Å². The van der Waals surface area contributed by atoms with Crippen LogP contribution in [0.25, 0.3) is 6.08 Å². The lowest BCUT2D eigenvalue weighted by Crippen LogP contribution is -2.09. The molecule has 0 unspecified atom stereocenters. The fourth-order valence-corrected chi connectivity index (χ4v) is 2.24. The highest BCUT2D eigenvalue weighted by Gasteiger charge is 2.10. The minimum absolute atomic E-state index is 0.0731. The molecule has 7 heteroatoms. The molecule has 0 aliphatic rings. The molecule has 0 radical (unpaired) electrons. The van der Waals surface area contributed by atoms with E-state index in [0.29, 0.717) is 23.6 Å². The molecule has 0 atom stereocenters. The third kappa shape index (κ3) is 6.29. The van der Waals surface area contributed by atoms with Crippen molar-refractivity contribution in [2.24, 2.45) is 0 Å². The van der Waals surface area contributed by atoms with Crippen LogP contribution in [0.15, 0.2) is 48.5 Å². The number of carbonyl (C=O) groups is 1. The van der Waals surface area contributed by atoms with Gasteiger partial charge >= 0.3 is 6.61 Å². The monoisotopic (exact) mass is 377 g/mol. The zero-order chi connectivity index (χ0) is 19.6. The summed E-state index contributed by atoms with van der Waals surface area (Å²) in [6, 6.07) is 11.5. The maximum Gasteiger partial charge on any atom is 0.387 e. The second kappa shape index (κ2) is 10.2. The quantitative estimate of drug-likeness (QED) is 0.642. The standard InChI is InChI=1S/C20H21F2NO4/c1-3-12-26-16-7-5-4-6-15(16)23-19(24)11-9-14-8-10-17(27-20(21)22)18(13-14)25-2/h4-11,13,20H,3,12H2,1-2H3,(H,23,24). The number of anilines is 1. The maximum absolute atomic E-state index is 12.4. The minimum atomic E-state index is -2.94. The number of para-hydroxylation sites is 2. The Bertz CT molecular complexity index is 793. The van der Waals surface area contributed by atoms with Gasteiger partial charge in [0.05, 0.1) is 19.4 Å². The number of methoxy groups -OCH3 is 1. The first-order valence-corrected chi connectivity index (χ1v) is 8.37. The predicted octanol–water partition coefficient (Wildman–Crippen LogP) is 4.74. The number of hydrogen-bond donors (Lipinski definition) is 1. The Morgan fingerprint density at radius 3 is 2.63 bits per heavy atom. The highest BCUT2D eigenvalue weighted by atomic mass is 19.3. The highest BCUT2D eigenvalue weighted by molar-refractivity contribution is 6.02. The molecular formula is C20H21F2NO4. The average Bonchev–Trinajstić information content (AvgIpc) is 2.66. The van der Waals surface area contributed by atoms with Gasteiger partial charge in [-0.2, -0.15) is 8.78 Å². The van der Waals surface area contributed by atoms with E-state index in [9.17, 15) is 13.6 Å². The normalized spacial score (nSPS) is 10.9. The molecular weight excluding hydrogens is 356 g/mol. The smallest absolute Gasteiger partial charge is 0.387 e. The maximum atomic E-state index is 12.4. The van der Waals surface area contributed by atoms with Gasteiger partial charge in [-0.25, -0.2) is 0 Å². The second-order valence-corrected chi connectivity index (χ2v) is 5.46. The summed E-state index contributed by atoms with van der Waals surface area (Å²) in [5, 5.41) is 2.75. The largest absolute Gasteiger partial charge is 0.493 e. The van der Waals surface area contributed by atoms with E-state index < -0.39 is 6.61 Å². The summed E-state index contributed by atoms with van der Waals surface area (Å²) >= 11 is 0. The molecule has 0 fully saturated rings. The van der Waals surface area contributed by atoms with Gasteiger partial charge in [0, 0.05) is 6.08 Å². The summed E-state index contributed by atoms with van der Waals surface area (Å²) in [5.74, 6) is 0.318. The molecule has 27 heavy (non-hydrogen) atoms. The van der Waals surface area contributed by atoms with Crippen LogP contribution in [0, 0.1) is 0 Å². The molecule has 5 nitrogen and oxygen atoms in total. The van der Waals surface area contributed by atoms with E-state index in [-0.39, 0.29) is 17.4 Å². The summed E-state index contributed by atoms with van der Waals surface area (Å²) in [6.07, 6.45) is 3.73. The van der Waals surface area contributed by atoms with Crippen LogP contribution >= 0.6 is 0 Å². The van der Waals surface area contributed by atoms with E-state index in [1.54, 1.807) is 30.3 Å². The molecule has 2 rings (SSSR count). The average molecular weight is 377 g/mol. The van der Waals surface area contributed by atoms with Crippen molar-refractivity contribution in [1.82, 2.24) is 0 Å². The van der Waals surface area contributed by atoms with E-state index in [2.05, 4.69) is 10.1 Å². The number of benzene rings is 2. The minimum Gasteiger partial charge on any atom is -0.493 e. The Kier molecular flexibility index (Phi) is 7.61. The number of nitrogens with one attached hydrogen (secondary N) is 1. The third-order valence-corrected chi connectivity index (χ3v) is 3.44. The van der Waals surface area contributed by atoms with Gasteiger partial charge in [0.25, 0.3) is 0 Å². The highest BCUT2D eigenvalue weighted by Crippen LogP contribution is 2.30. The molecule has 0 saturated heterocycles. The van der Waals surface area contributed by atoms with Crippen molar-refractivity contribution in [1.29, 1.82) is 0 Å². The number of amides is 1. The molecule has 2 aromatic rings. The molecule has 1 amide bonds. The Hall–Kier alpha value is -3.09. The first-order chi connectivity index (χ1) is 13.0. The number of alkyl halides is 2. The van der Waals surface area contributed by atoms with Crippen molar-refractivity contribution in [2.45, 2.75) is 20.0 Å². The predicted molar refractivity (Wildman–Crippen MR) is 99.5 cm³/mol. The Labute approximate surface area is 156 Å². The lowest BCUT2D eigenvalue weighted by molar-refractivity contribution is -0.111. The van der Waals surface area contributed by atoms with Crippen molar-refractivity contribution >= 4 is 17.7 Å². The summed E-state index contributed by atoms with van der Waals surface area (Å²) in [6.45, 7) is -0.396. The fraction of sp³-hybridized carbons (Fsp3) is 0.250. The van der Waals surface area contributed by atoms with Gasteiger partial charge in [-0.15, -0.1) is 0 Å². The van der Waals surface area contributed by atoms with Crippen molar-refractivity contribution in [3.8, 4) is 17.2 Å². The molecule has 0 aromatic heterocycles. The molecule has 0 aliphatic heterocycles. The number of ether oxygens (including phenoxy) is 3. The Morgan fingerprint density at radius 2 is 1.93 bits per heavy atom. The molecule has 0 saturated carbocycles. The Morgan fingerprint density at radius 1 is 1.15 bits per heavy atom. The van der Waals surface area contributed by atoms with Gasteiger partial charge in [0.1, 0.15) is 5.75 Å². The van der Waals surface area contributed by atoms with Crippen LogP contribution in [-0.4, -0.2) is 26.2 Å². The third-order valence-electron chi connectivity index (χ3n) is 3.44. The van der Waals surface area contributed by atoms with Crippen molar-refractivity contribution in [2.75, 3.05) is 19.0 Å². The van der Waals surface area contributed by atoms with E-state index in [1.165, 1.54) is 25.3 Å². The van der Waals surface area contributed by atoms with E-state index in [4.69, 9.17) is 9.47 Å². The van der Waals surface area contributed by atoms with Gasteiger partial charge in [0.15, 0.2) is 11.5 Å². The van der Waals surface area contributed by atoms with Gasteiger partial charge in [-0.05, 0) is 42.3 Å². The molecule has 144 valence electrons. The Balaban J connectivity index is 2.06. The lowest BCUT2D eigenvalue weighted by atomic mass is 10.2. The first-order valence-electron chi connectivity index (χ1n) is 8.37. The lowest BCUT2D eigenvalue weighted by Gasteiger charge is -2.11. The zero-order valence-corrected chi connectivity index (χ0v) is 15.1. The van der Waals surface area contributed by atoms with Crippen molar-refractivity contribution < 1.29 is 27.8 Å². The first kappa shape index (κ1) is 20.2. The molecule has 0 bridgehead atoms. The van der Waals surface area contributed by atoms with E-state index in [0.717, 1.165) is 6.42 Å². The van der Waals surface area contributed by atoms with Gasteiger partial charge in [-0.3, -0.25) is 4.79 Å². The van der Waals surface area contributed by atoms with E-state index >= 15 is 0 Å². The molecule has 0 spiro atoms. The van der Waals surface area contributed by atoms with Crippen LogP contribution in [0.5, 0.6) is 17.2 Å². The van der Waals surface area contributed by atoms with Crippen molar-refractivity contribution in [3.05, 3.63) is 54.1 Å². The van der Waals surface area contributed by atoms with Crippen LogP contribution in [0.1, 0.15) is 18.9 Å². The van der Waals surface area contributed by atoms with Crippen LogP contribution in [0.2, 0.25) is 0 Å². The number of rotatable bonds is 9. The summed E-state index contributed by atoms with van der Waals surface area (Å²) in [5.41, 5.74) is 1.16. The topological polar surface area (TPSA) is 56.8 Å². The van der Waals surface area contributed by atoms with Gasteiger partial charge in [0.2, 0.25) is 5.91 Å². The van der Waals surface area contributed by atoms with E-state index in [1.807, 2.05) is 13.0 Å². The summed E-state index contributed by atoms with van der Waals surface area (Å²) in [7, 11) is 1.35. The van der Waals surface area contributed by atoms with Crippen LogP contribution in [-0.2, 0) is 4.79 Å². The van der Waals surface area contributed by atoms with Crippen LogP contribution < -0.4 is 19.5 Å². The number of carbonyl (C=O) groups excluding carboxylic acids is 1. The summed E-state index contributed by atoms with van der Waals surface area (Å²) < 4.78 is 39.7. The second-order valence-electron chi connectivity index (χ2n) is 5.46. The molecule has 1 N–H and O–H groups in total. The fourth-order valence-electron chi connectivity index (χ4n) is 2.24. The molecule has 0 heterocycles. The SMILES string of the molecule is CCCOc1ccccc1NC(=O)C=Cc1ccc(OC(F)F)c(OC)c1. The van der Waals surface area contributed by atoms with Crippen LogP contribution in [0.4, 0.5) is 14.5 Å². The van der Waals surface area contributed by atoms with Crippen LogP contribution in [0.3, 0.4) is 0 Å². The van der Waals surface area contributed by atoms with Gasteiger partial charge in [-0.1, -0.05) is 25.1 Å². The van der Waals surface area contributed by atoms with Crippen molar-refractivity contribution in [3.63, 3.8) is 0 Å².